The topological polar surface area (TPSA) is 255 Å². The van der Waals surface area contributed by atoms with Crippen LogP contribution in [0, 0.1) is 21.6 Å². The first kappa shape index (κ1) is 72.4. The van der Waals surface area contributed by atoms with Crippen LogP contribution in [0.4, 0.5) is 29.0 Å². The van der Waals surface area contributed by atoms with E-state index in [0.717, 1.165) is 122 Å². The molecule has 7 heterocycles. The Morgan fingerprint density at radius 1 is 0.606 bits per heavy atom. The minimum absolute atomic E-state index is 0.109. The molecular formula is C75H98N16O8+2. The average molecular weight is 1350 g/mol. The zero-order valence-corrected chi connectivity index (χ0v) is 59.5. The second-order valence-corrected chi connectivity index (χ2v) is 29.2. The van der Waals surface area contributed by atoms with Crippen molar-refractivity contribution in [3.63, 3.8) is 0 Å². The van der Waals surface area contributed by atoms with Crippen LogP contribution >= 0.6 is 0 Å². The number of nitrogens with one attached hydrogen (secondary N) is 4. The molecule has 3 saturated heterocycles. The number of rotatable bonds is 17. The average Bonchev–Trinajstić information content (AvgIpc) is 1.67. The Bertz CT molecular complexity index is 4060. The van der Waals surface area contributed by atoms with Crippen molar-refractivity contribution in [3.05, 3.63) is 166 Å². The molecule has 12 rings (SSSR count). The van der Waals surface area contributed by atoms with Crippen LogP contribution in [0.2, 0.25) is 0 Å². The number of piperidine rings is 1. The number of ether oxygens (including phenoxy) is 1. The molecule has 3 fully saturated rings. The van der Waals surface area contributed by atoms with Gasteiger partial charge in [-0.15, -0.1) is 0 Å². The summed E-state index contributed by atoms with van der Waals surface area (Å²) in [5, 5.41) is 16.2. The van der Waals surface area contributed by atoms with Crippen molar-refractivity contribution >= 4 is 80.2 Å². The largest absolute Gasteiger partial charge is 0.444 e. The van der Waals surface area contributed by atoms with Gasteiger partial charge in [-0.1, -0.05) is 61.5 Å². The van der Waals surface area contributed by atoms with Gasteiger partial charge in [-0.2, -0.15) is 5.10 Å². The number of oxazole rings is 1. The fourth-order valence-electron chi connectivity index (χ4n) is 12.8. The highest BCUT2D eigenvalue weighted by Gasteiger charge is 2.31. The molecule has 4 N–H and O–H groups in total. The Balaban J connectivity index is 0.000000161. The second kappa shape index (κ2) is 31.7. The number of fused-ring (bicyclic) bond motifs is 2. The van der Waals surface area contributed by atoms with Crippen molar-refractivity contribution in [1.82, 2.24) is 53.9 Å². The first-order chi connectivity index (χ1) is 47.1. The maximum Gasteiger partial charge on any atom is 0.277 e. The number of likely N-dealkylation sites (tertiary alicyclic amines) is 1. The van der Waals surface area contributed by atoms with Crippen molar-refractivity contribution in [3.8, 4) is 0 Å². The van der Waals surface area contributed by atoms with Gasteiger partial charge in [0.15, 0.2) is 25.5 Å². The molecule has 3 aliphatic heterocycles. The lowest BCUT2D eigenvalue weighted by atomic mass is 9.90. The highest BCUT2D eigenvalue weighted by atomic mass is 16.5. The number of nitroso groups, excluding NO2 is 2. The Kier molecular flexibility index (Phi) is 23.1. The molecule has 4 amide bonds. The summed E-state index contributed by atoms with van der Waals surface area (Å²) in [6, 6.07) is 29.4. The molecule has 524 valence electrons. The van der Waals surface area contributed by atoms with Crippen LogP contribution in [0.25, 0.3) is 27.6 Å². The van der Waals surface area contributed by atoms with E-state index in [0.29, 0.717) is 71.0 Å². The smallest absolute Gasteiger partial charge is 0.277 e. The molecular weight excluding hydrogens is 1250 g/mol. The number of amides is 4. The summed E-state index contributed by atoms with van der Waals surface area (Å²) in [5.74, 6) is 1.19. The summed E-state index contributed by atoms with van der Waals surface area (Å²) in [7, 11) is 2.83. The molecule has 1 unspecified atom stereocenters. The number of para-hydroxylation sites is 4. The molecule has 0 radical (unpaired) electrons. The molecule has 1 atom stereocenters. The highest BCUT2D eigenvalue weighted by Crippen LogP contribution is 2.32. The summed E-state index contributed by atoms with van der Waals surface area (Å²) < 4.78 is 18.4. The van der Waals surface area contributed by atoms with E-state index in [9.17, 15) is 29.0 Å². The standard InChI is InChI=1S/C26H33N5O2.C25H32N6O2.C24H31N5O4/c1-26(2,3)30-15-12-19(13-16-30)14-17-31-23-11-6-5-10-22(23)27-25(31)28-24(32)20-8-7-9-21(18-20)29(4)33;1-25(2,3)30-15-12-29(13-16-30)14-17-31-22-11-6-5-10-21(22)26-24(31)27-23(32)19-8-7-9-20(18-19)28(4)33;1-15-6-5-7-16(12-15)23-26-19(14-33-23)21(30)25-18-13-29(17-8-10-32-11-9-17)28-20(18)22(31)27-24(2,3)4/h5-11,18-19H,12-17H2,1-4H3;5-11,18H,12-17H2,1-4H3;5-7,13-15,17H,8-12H2,1-4H3,(H,25,30)(H,27,31)/p+2. The van der Waals surface area contributed by atoms with Gasteiger partial charge in [-0.3, -0.25) is 49.2 Å². The maximum absolute atomic E-state index is 13.0. The van der Waals surface area contributed by atoms with Crippen LogP contribution < -0.4 is 21.3 Å². The number of aryl methyl sites for hydroxylation is 1. The van der Waals surface area contributed by atoms with Crippen LogP contribution in [-0.2, 0) is 17.8 Å². The van der Waals surface area contributed by atoms with Crippen LogP contribution in [0.1, 0.15) is 161 Å². The SMILES string of the molecule is CC1C=CC=C(c2nc(C(=O)Nc3cn(C4CCOCC4)nc3C(=O)NC(C)(C)C)co2)C1.C[N+](=O)c1cccc(C(=O)Nc2nc3ccccc3n2CCC2CCN(C(C)(C)C)CC2)c1.C[N+](=O)c1cccc(C(=O)Nc2nc3ccccc3n2CCN2CCN(C(C)(C)C)CC2)c1. The molecule has 4 aromatic carbocycles. The monoisotopic (exact) mass is 1350 g/mol. The molecule has 4 aliphatic rings. The van der Waals surface area contributed by atoms with Gasteiger partial charge in [0.25, 0.3) is 35.0 Å². The number of piperazine rings is 1. The van der Waals surface area contributed by atoms with Gasteiger partial charge in [-0.05, 0) is 162 Å². The predicted octanol–water partition coefficient (Wildman–Crippen LogP) is 13.0. The van der Waals surface area contributed by atoms with E-state index in [2.05, 4.69) is 115 Å². The number of carbonyl (C=O) groups excluding carboxylic acids is 4. The van der Waals surface area contributed by atoms with Gasteiger partial charge in [0.05, 0.1) is 33.8 Å². The van der Waals surface area contributed by atoms with Gasteiger partial charge in [0, 0.05) is 142 Å². The van der Waals surface area contributed by atoms with E-state index in [1.807, 2.05) is 81.5 Å². The van der Waals surface area contributed by atoms with Crippen molar-refractivity contribution in [1.29, 1.82) is 0 Å². The normalized spacial score (nSPS) is 16.8. The van der Waals surface area contributed by atoms with E-state index in [1.165, 1.54) is 33.2 Å². The lowest BCUT2D eigenvalue weighted by molar-refractivity contribution is -0.428. The Morgan fingerprint density at radius 2 is 1.15 bits per heavy atom. The summed E-state index contributed by atoms with van der Waals surface area (Å²) >= 11 is 0. The van der Waals surface area contributed by atoms with Crippen molar-refractivity contribution in [2.45, 2.75) is 144 Å². The summed E-state index contributed by atoms with van der Waals surface area (Å²) in [4.78, 5) is 96.4. The first-order valence-electron chi connectivity index (χ1n) is 34.6. The number of hydrogen-bond donors (Lipinski definition) is 4. The third kappa shape index (κ3) is 19.1. The minimum Gasteiger partial charge on any atom is -0.444 e. The van der Waals surface area contributed by atoms with Crippen molar-refractivity contribution in [2.75, 3.05) is 89.1 Å². The zero-order valence-electron chi connectivity index (χ0n) is 59.5. The predicted molar refractivity (Wildman–Crippen MR) is 387 cm³/mol. The van der Waals surface area contributed by atoms with Crippen molar-refractivity contribution in [2.24, 2.45) is 11.8 Å². The summed E-state index contributed by atoms with van der Waals surface area (Å²) in [6.07, 6.45) is 14.9. The van der Waals surface area contributed by atoms with E-state index >= 15 is 0 Å². The summed E-state index contributed by atoms with van der Waals surface area (Å²) in [5.41, 5.74) is 7.04. The quantitative estimate of drug-likeness (QED) is 0.0618. The molecule has 0 spiro atoms. The number of benzene rings is 4. The van der Waals surface area contributed by atoms with E-state index in [4.69, 9.17) is 14.1 Å². The Labute approximate surface area is 579 Å². The second-order valence-electron chi connectivity index (χ2n) is 29.2. The van der Waals surface area contributed by atoms with Crippen LogP contribution in [0.3, 0.4) is 0 Å². The first-order valence-corrected chi connectivity index (χ1v) is 34.6. The molecule has 8 aromatic rings. The number of hydrogen-bond acceptors (Lipinski definition) is 15. The third-order valence-corrected chi connectivity index (χ3v) is 18.5. The van der Waals surface area contributed by atoms with Crippen molar-refractivity contribution < 1.29 is 37.9 Å². The fourth-order valence-corrected chi connectivity index (χ4v) is 12.8. The lowest BCUT2D eigenvalue weighted by Gasteiger charge is -2.42. The van der Waals surface area contributed by atoms with Crippen LogP contribution in [0.5, 0.6) is 0 Å². The molecule has 4 aromatic heterocycles. The van der Waals surface area contributed by atoms with Gasteiger partial charge in [0.1, 0.15) is 6.26 Å². The van der Waals surface area contributed by atoms with Gasteiger partial charge >= 0.3 is 0 Å². The minimum atomic E-state index is -0.457. The number of carbonyl (C=O) groups is 4. The van der Waals surface area contributed by atoms with E-state index in [1.54, 1.807) is 59.4 Å². The number of anilines is 3. The zero-order chi connectivity index (χ0) is 70.8. The molecule has 0 bridgehead atoms. The maximum atomic E-state index is 13.0. The number of allylic oxidation sites excluding steroid dienone is 4. The molecule has 99 heavy (non-hydrogen) atoms. The van der Waals surface area contributed by atoms with Crippen LogP contribution in [-0.4, -0.2) is 171 Å². The molecule has 24 heteroatoms. The van der Waals surface area contributed by atoms with Gasteiger partial charge < -0.3 is 28.9 Å². The van der Waals surface area contributed by atoms with E-state index < -0.39 is 11.4 Å². The molecule has 24 nitrogen and oxygen atoms in total. The molecule has 1 aliphatic carbocycles. The number of aromatic nitrogens is 7. The lowest BCUT2D eigenvalue weighted by Crippen LogP contribution is -2.53. The number of nitrogens with zero attached hydrogens (tertiary/aromatic N) is 12. The fraction of sp³-hybridized carbons (Fsp3) is 0.467. The van der Waals surface area contributed by atoms with E-state index in [-0.39, 0.29) is 46.2 Å². The van der Waals surface area contributed by atoms with Crippen LogP contribution in [0.15, 0.2) is 132 Å². The summed E-state index contributed by atoms with van der Waals surface area (Å²) in [6.45, 7) is 31.6. The van der Waals surface area contributed by atoms with Gasteiger partial charge in [-0.25, -0.2) is 15.0 Å². The Morgan fingerprint density at radius 3 is 1.69 bits per heavy atom. The third-order valence-electron chi connectivity index (χ3n) is 18.5. The number of imidazole rings is 2. The Hall–Kier alpha value is -9.36. The highest BCUT2D eigenvalue weighted by molar-refractivity contribution is 6.08. The molecule has 0 saturated carbocycles. The van der Waals surface area contributed by atoms with Gasteiger partial charge in [0.2, 0.25) is 17.8 Å².